The second kappa shape index (κ2) is 6.89. The van der Waals surface area contributed by atoms with Crippen molar-refractivity contribution in [1.29, 1.82) is 0 Å². The summed E-state index contributed by atoms with van der Waals surface area (Å²) < 4.78 is 26.5. The van der Waals surface area contributed by atoms with Gasteiger partial charge in [0.1, 0.15) is 6.29 Å². The van der Waals surface area contributed by atoms with E-state index in [0.29, 0.717) is 18.3 Å². The molecule has 0 spiro atoms. The van der Waals surface area contributed by atoms with Crippen molar-refractivity contribution >= 4 is 6.29 Å². The van der Waals surface area contributed by atoms with Crippen molar-refractivity contribution in [2.24, 2.45) is 17.8 Å². The van der Waals surface area contributed by atoms with Gasteiger partial charge in [-0.05, 0) is 79.9 Å². The minimum atomic E-state index is -0.756. The summed E-state index contributed by atoms with van der Waals surface area (Å²) in [4.78, 5) is 10.5. The molecule has 4 atom stereocenters. The number of hydrogen-bond acceptors (Lipinski definition) is 1. The average Bonchev–Trinajstić information content (AvgIpc) is 2.55. The molecule has 0 saturated heterocycles. The van der Waals surface area contributed by atoms with Gasteiger partial charge >= 0.3 is 0 Å². The highest BCUT2D eigenvalue weighted by Crippen LogP contribution is 2.48. The van der Waals surface area contributed by atoms with Crippen LogP contribution in [0.1, 0.15) is 62.8 Å². The number of hydrogen-bond donors (Lipinski definition) is 0. The topological polar surface area (TPSA) is 17.1 Å². The van der Waals surface area contributed by atoms with Gasteiger partial charge in [-0.3, -0.25) is 0 Å². The van der Waals surface area contributed by atoms with E-state index in [1.807, 2.05) is 0 Å². The molecule has 0 aromatic heterocycles. The minimum absolute atomic E-state index is 0.378. The van der Waals surface area contributed by atoms with Gasteiger partial charge in [0.25, 0.3) is 0 Å². The Morgan fingerprint density at radius 1 is 1.00 bits per heavy atom. The van der Waals surface area contributed by atoms with Crippen LogP contribution in [0, 0.1) is 29.4 Å². The fourth-order valence-corrected chi connectivity index (χ4v) is 4.62. The molecule has 0 aliphatic heterocycles. The standard InChI is InChI=1S/C19H24F2O/c20-18-8-7-17(12-19(18)21)16-6-5-14-10-13(2-1-9-22)3-4-15(14)11-16/h7-9,12-16H,1-6,10-11H2/t13-,14-,15-,16?/m1/s1. The van der Waals surface area contributed by atoms with Crippen LogP contribution in [0.25, 0.3) is 0 Å². The molecule has 1 aromatic rings. The van der Waals surface area contributed by atoms with Crippen LogP contribution in [0.15, 0.2) is 18.2 Å². The molecular weight excluding hydrogens is 282 g/mol. The Bertz CT molecular complexity index is 528. The van der Waals surface area contributed by atoms with Crippen LogP contribution >= 0.6 is 0 Å². The minimum Gasteiger partial charge on any atom is -0.303 e. The van der Waals surface area contributed by atoms with E-state index in [4.69, 9.17) is 0 Å². The van der Waals surface area contributed by atoms with Crippen LogP contribution in [-0.2, 0) is 4.79 Å². The van der Waals surface area contributed by atoms with Crippen LogP contribution in [0.3, 0.4) is 0 Å². The van der Waals surface area contributed by atoms with Gasteiger partial charge in [0.2, 0.25) is 0 Å². The van der Waals surface area contributed by atoms with Gasteiger partial charge in [-0.25, -0.2) is 8.78 Å². The van der Waals surface area contributed by atoms with Crippen molar-refractivity contribution in [3.8, 4) is 0 Å². The second-order valence-electron chi connectivity index (χ2n) is 7.13. The maximum Gasteiger partial charge on any atom is 0.159 e. The zero-order valence-corrected chi connectivity index (χ0v) is 12.9. The lowest BCUT2D eigenvalue weighted by atomic mass is 9.63. The summed E-state index contributed by atoms with van der Waals surface area (Å²) in [5.74, 6) is 1.10. The van der Waals surface area contributed by atoms with Crippen molar-refractivity contribution in [2.45, 2.75) is 57.3 Å². The largest absolute Gasteiger partial charge is 0.303 e. The molecule has 0 radical (unpaired) electrons. The number of benzene rings is 1. The molecule has 1 nitrogen and oxygen atoms in total. The first-order chi connectivity index (χ1) is 10.7. The van der Waals surface area contributed by atoms with E-state index < -0.39 is 11.6 Å². The summed E-state index contributed by atoms with van der Waals surface area (Å²) in [6.45, 7) is 0. The lowest BCUT2D eigenvalue weighted by molar-refractivity contribution is -0.108. The highest BCUT2D eigenvalue weighted by molar-refractivity contribution is 5.49. The molecule has 2 fully saturated rings. The number of rotatable bonds is 4. The zero-order chi connectivity index (χ0) is 15.5. The molecule has 120 valence electrons. The highest BCUT2D eigenvalue weighted by atomic mass is 19.2. The molecule has 0 bridgehead atoms. The summed E-state index contributed by atoms with van der Waals surface area (Å²) in [6.07, 6.45) is 9.84. The SMILES string of the molecule is O=CCC[C@@H]1CC[C@@H]2CC(c3ccc(F)c(F)c3)CC[C@@H]2C1. The molecule has 1 aromatic carbocycles. The van der Waals surface area contributed by atoms with Crippen LogP contribution in [0.4, 0.5) is 8.78 Å². The lowest BCUT2D eigenvalue weighted by Gasteiger charge is -2.42. The Labute approximate surface area is 131 Å². The summed E-state index contributed by atoms with van der Waals surface area (Å²) in [5.41, 5.74) is 0.959. The number of halogens is 2. The zero-order valence-electron chi connectivity index (χ0n) is 12.9. The molecule has 2 aliphatic rings. The third-order valence-electron chi connectivity index (χ3n) is 5.83. The van der Waals surface area contributed by atoms with Crippen molar-refractivity contribution < 1.29 is 13.6 Å². The predicted molar refractivity (Wildman–Crippen MR) is 82.6 cm³/mol. The van der Waals surface area contributed by atoms with Crippen molar-refractivity contribution in [1.82, 2.24) is 0 Å². The average molecular weight is 306 g/mol. The van der Waals surface area contributed by atoms with Crippen LogP contribution in [0.2, 0.25) is 0 Å². The Hall–Kier alpha value is -1.25. The smallest absolute Gasteiger partial charge is 0.159 e. The number of carbonyl (C=O) groups is 1. The lowest BCUT2D eigenvalue weighted by Crippen LogP contribution is -2.30. The fraction of sp³-hybridized carbons (Fsp3) is 0.632. The molecule has 3 heteroatoms. The summed E-state index contributed by atoms with van der Waals surface area (Å²) in [7, 11) is 0. The first kappa shape index (κ1) is 15.6. The maximum absolute atomic E-state index is 13.4. The monoisotopic (exact) mass is 306 g/mol. The van der Waals surface area contributed by atoms with E-state index in [-0.39, 0.29) is 0 Å². The van der Waals surface area contributed by atoms with Crippen molar-refractivity contribution in [3.05, 3.63) is 35.4 Å². The predicted octanol–water partition coefficient (Wildman–Crippen LogP) is 5.24. The van der Waals surface area contributed by atoms with Gasteiger partial charge < -0.3 is 4.79 Å². The molecule has 0 amide bonds. The fourth-order valence-electron chi connectivity index (χ4n) is 4.62. The van der Waals surface area contributed by atoms with Crippen LogP contribution < -0.4 is 0 Å². The Balaban J connectivity index is 1.60. The highest BCUT2D eigenvalue weighted by Gasteiger charge is 2.35. The maximum atomic E-state index is 13.4. The summed E-state index contributed by atoms with van der Waals surface area (Å²) >= 11 is 0. The van der Waals surface area contributed by atoms with E-state index in [0.717, 1.165) is 42.9 Å². The van der Waals surface area contributed by atoms with E-state index in [2.05, 4.69) is 0 Å². The van der Waals surface area contributed by atoms with Crippen LogP contribution in [-0.4, -0.2) is 6.29 Å². The molecular formula is C19H24F2O. The van der Waals surface area contributed by atoms with E-state index in [1.165, 1.54) is 37.8 Å². The Morgan fingerprint density at radius 3 is 2.55 bits per heavy atom. The molecule has 3 rings (SSSR count). The van der Waals surface area contributed by atoms with E-state index >= 15 is 0 Å². The second-order valence-corrected chi connectivity index (χ2v) is 7.13. The summed E-state index contributed by atoms with van der Waals surface area (Å²) in [5, 5.41) is 0. The molecule has 22 heavy (non-hydrogen) atoms. The van der Waals surface area contributed by atoms with Gasteiger partial charge in [0.05, 0.1) is 0 Å². The number of aldehydes is 1. The third kappa shape index (κ3) is 3.39. The van der Waals surface area contributed by atoms with Gasteiger partial charge in [-0.1, -0.05) is 12.5 Å². The van der Waals surface area contributed by atoms with Crippen molar-refractivity contribution in [3.63, 3.8) is 0 Å². The van der Waals surface area contributed by atoms with Crippen LogP contribution in [0.5, 0.6) is 0 Å². The normalized spacial score (nSPS) is 31.5. The van der Waals surface area contributed by atoms with Gasteiger partial charge in [0.15, 0.2) is 11.6 Å². The molecule has 2 aliphatic carbocycles. The van der Waals surface area contributed by atoms with Gasteiger partial charge in [0, 0.05) is 6.42 Å². The molecule has 2 saturated carbocycles. The molecule has 1 unspecified atom stereocenters. The quantitative estimate of drug-likeness (QED) is 0.695. The van der Waals surface area contributed by atoms with E-state index in [1.54, 1.807) is 6.07 Å². The van der Waals surface area contributed by atoms with Gasteiger partial charge in [-0.15, -0.1) is 0 Å². The first-order valence-corrected chi connectivity index (χ1v) is 8.56. The Kier molecular flexibility index (Phi) is 4.90. The number of fused-ring (bicyclic) bond motifs is 1. The number of carbonyl (C=O) groups excluding carboxylic acids is 1. The third-order valence-corrected chi connectivity index (χ3v) is 5.83. The first-order valence-electron chi connectivity index (χ1n) is 8.56. The van der Waals surface area contributed by atoms with E-state index in [9.17, 15) is 13.6 Å². The molecule has 0 heterocycles. The summed E-state index contributed by atoms with van der Waals surface area (Å²) in [6, 6.07) is 4.39. The molecule has 0 N–H and O–H groups in total. The Morgan fingerprint density at radius 2 is 1.77 bits per heavy atom. The van der Waals surface area contributed by atoms with Crippen molar-refractivity contribution in [2.75, 3.05) is 0 Å². The van der Waals surface area contributed by atoms with Gasteiger partial charge in [-0.2, -0.15) is 0 Å².